The minimum atomic E-state index is -4.10. The predicted molar refractivity (Wildman–Crippen MR) is 69.3 cm³/mol. The molecule has 0 aromatic rings. The van der Waals surface area contributed by atoms with Gasteiger partial charge in [-0.2, -0.15) is 13.2 Å². The van der Waals surface area contributed by atoms with Gasteiger partial charge in [0.15, 0.2) is 0 Å². The molecule has 0 aromatic carbocycles. The number of esters is 1. The number of carbonyl (C=O) groups excluding carboxylic acids is 1. The van der Waals surface area contributed by atoms with Gasteiger partial charge >= 0.3 is 12.1 Å². The molecule has 20 heavy (non-hydrogen) atoms. The molecule has 0 spiro atoms. The second kappa shape index (κ2) is 7.83. The Labute approximate surface area is 117 Å². The number of carbonyl (C=O) groups is 1. The van der Waals surface area contributed by atoms with E-state index in [2.05, 4.69) is 5.32 Å². The van der Waals surface area contributed by atoms with E-state index >= 15 is 0 Å². The summed E-state index contributed by atoms with van der Waals surface area (Å²) in [6.07, 6.45) is -3.02. The number of hydrogen-bond donors (Lipinski definition) is 1. The third kappa shape index (κ3) is 5.28. The van der Waals surface area contributed by atoms with E-state index in [1.807, 2.05) is 11.8 Å². The van der Waals surface area contributed by atoms with Gasteiger partial charge < -0.3 is 15.0 Å². The van der Waals surface area contributed by atoms with Crippen LogP contribution in [0.25, 0.3) is 0 Å². The van der Waals surface area contributed by atoms with Crippen molar-refractivity contribution in [3.63, 3.8) is 0 Å². The number of ether oxygens (including phenoxy) is 1. The normalized spacial score (nSPS) is 19.9. The van der Waals surface area contributed by atoms with Crippen LogP contribution in [0.4, 0.5) is 13.2 Å². The van der Waals surface area contributed by atoms with E-state index < -0.39 is 18.1 Å². The van der Waals surface area contributed by atoms with E-state index in [0.717, 1.165) is 6.42 Å². The van der Waals surface area contributed by atoms with Crippen LogP contribution in [-0.2, 0) is 9.53 Å². The molecule has 1 atom stereocenters. The molecule has 0 radical (unpaired) electrons. The molecular weight excluding hydrogens is 273 g/mol. The van der Waals surface area contributed by atoms with Crippen molar-refractivity contribution in [3.05, 3.63) is 0 Å². The molecular formula is C13H23F3N2O2. The van der Waals surface area contributed by atoms with Crippen molar-refractivity contribution in [2.45, 2.75) is 38.4 Å². The predicted octanol–water partition coefficient (Wildman–Crippen LogP) is 1.80. The largest absolute Gasteiger partial charge is 0.468 e. The molecule has 1 aliphatic heterocycles. The van der Waals surface area contributed by atoms with Crippen molar-refractivity contribution < 1.29 is 22.7 Å². The van der Waals surface area contributed by atoms with Crippen LogP contribution in [0, 0.1) is 5.92 Å². The van der Waals surface area contributed by atoms with Crippen LogP contribution in [-0.4, -0.2) is 56.4 Å². The van der Waals surface area contributed by atoms with Gasteiger partial charge in [0.1, 0.15) is 6.04 Å². The molecule has 0 amide bonds. The van der Waals surface area contributed by atoms with Gasteiger partial charge in [-0.1, -0.05) is 6.92 Å². The van der Waals surface area contributed by atoms with Crippen LogP contribution in [0.2, 0.25) is 0 Å². The lowest BCUT2D eigenvalue weighted by Crippen LogP contribution is -2.49. The van der Waals surface area contributed by atoms with Gasteiger partial charge in [0.25, 0.3) is 0 Å². The highest BCUT2D eigenvalue weighted by Crippen LogP contribution is 2.34. The first-order valence-electron chi connectivity index (χ1n) is 6.98. The zero-order chi connectivity index (χ0) is 15.2. The Morgan fingerprint density at radius 2 is 2.00 bits per heavy atom. The molecule has 1 unspecified atom stereocenters. The van der Waals surface area contributed by atoms with Gasteiger partial charge in [-0.3, -0.25) is 4.79 Å². The van der Waals surface area contributed by atoms with E-state index in [1.54, 1.807) is 0 Å². The summed E-state index contributed by atoms with van der Waals surface area (Å²) in [6, 6.07) is -0.470. The van der Waals surface area contributed by atoms with Crippen molar-refractivity contribution in [1.29, 1.82) is 0 Å². The fourth-order valence-corrected chi connectivity index (χ4v) is 2.38. The van der Waals surface area contributed by atoms with Crippen molar-refractivity contribution in [2.75, 3.05) is 33.3 Å². The summed E-state index contributed by atoms with van der Waals surface area (Å²) in [4.78, 5) is 13.5. The maximum absolute atomic E-state index is 12.6. The van der Waals surface area contributed by atoms with Gasteiger partial charge in [0, 0.05) is 6.54 Å². The van der Waals surface area contributed by atoms with Crippen LogP contribution >= 0.6 is 0 Å². The Bertz CT molecular complexity index is 302. The summed E-state index contributed by atoms with van der Waals surface area (Å²) in [6.45, 7) is 3.79. The van der Waals surface area contributed by atoms with Crippen molar-refractivity contribution >= 4 is 5.97 Å². The number of likely N-dealkylation sites (tertiary alicyclic amines) is 1. The van der Waals surface area contributed by atoms with Gasteiger partial charge in [-0.25, -0.2) is 0 Å². The number of nitrogens with one attached hydrogen (secondary N) is 1. The Hall–Kier alpha value is -0.820. The highest BCUT2D eigenvalue weighted by Gasteiger charge is 2.41. The van der Waals surface area contributed by atoms with Crippen LogP contribution in [0.1, 0.15) is 26.2 Å². The van der Waals surface area contributed by atoms with Gasteiger partial charge in [-0.15, -0.1) is 0 Å². The average Bonchev–Trinajstić information content (AvgIpc) is 2.42. The first-order chi connectivity index (χ1) is 9.38. The summed E-state index contributed by atoms with van der Waals surface area (Å²) >= 11 is 0. The molecule has 0 saturated carbocycles. The standard InChI is InChI=1S/C13H23F3N2O2/c1-3-6-17-11(12(19)20-2)9-18-7-4-10(5-8-18)13(14,15)16/h10-11,17H,3-9H2,1-2H3. The van der Waals surface area contributed by atoms with Gasteiger partial charge in [0.2, 0.25) is 0 Å². The number of nitrogens with zero attached hydrogens (tertiary/aromatic N) is 1. The highest BCUT2D eigenvalue weighted by molar-refractivity contribution is 5.75. The lowest BCUT2D eigenvalue weighted by molar-refractivity contribution is -0.185. The Morgan fingerprint density at radius 1 is 1.40 bits per heavy atom. The lowest BCUT2D eigenvalue weighted by Gasteiger charge is -2.34. The highest BCUT2D eigenvalue weighted by atomic mass is 19.4. The molecule has 1 N–H and O–H groups in total. The average molecular weight is 296 g/mol. The molecule has 7 heteroatoms. The molecule has 1 heterocycles. The number of hydrogen-bond acceptors (Lipinski definition) is 4. The zero-order valence-corrected chi connectivity index (χ0v) is 12.0. The van der Waals surface area contributed by atoms with Crippen molar-refractivity contribution in [1.82, 2.24) is 10.2 Å². The second-order valence-electron chi connectivity index (χ2n) is 5.15. The fraction of sp³-hybridized carbons (Fsp3) is 0.923. The quantitative estimate of drug-likeness (QED) is 0.759. The summed E-state index contributed by atoms with van der Waals surface area (Å²) in [7, 11) is 1.32. The van der Waals surface area contributed by atoms with Crippen LogP contribution in [0.3, 0.4) is 0 Å². The zero-order valence-electron chi connectivity index (χ0n) is 12.0. The van der Waals surface area contributed by atoms with E-state index in [4.69, 9.17) is 4.74 Å². The number of halogens is 3. The topological polar surface area (TPSA) is 41.6 Å². The molecule has 1 rings (SSSR count). The Morgan fingerprint density at radius 3 is 2.45 bits per heavy atom. The van der Waals surface area contributed by atoms with E-state index in [9.17, 15) is 18.0 Å². The molecule has 118 valence electrons. The SMILES string of the molecule is CCCNC(CN1CCC(C(F)(F)F)CC1)C(=O)OC. The molecule has 0 aliphatic carbocycles. The second-order valence-corrected chi connectivity index (χ2v) is 5.15. The minimum Gasteiger partial charge on any atom is -0.468 e. The van der Waals surface area contributed by atoms with Crippen molar-refractivity contribution in [2.24, 2.45) is 5.92 Å². The summed E-state index contributed by atoms with van der Waals surface area (Å²) in [5.41, 5.74) is 0. The molecule has 1 saturated heterocycles. The van der Waals surface area contributed by atoms with Crippen LogP contribution < -0.4 is 5.32 Å². The minimum absolute atomic E-state index is 0.102. The molecule has 0 bridgehead atoms. The molecule has 4 nitrogen and oxygen atoms in total. The first kappa shape index (κ1) is 17.2. The maximum Gasteiger partial charge on any atom is 0.391 e. The number of alkyl halides is 3. The molecule has 1 fully saturated rings. The first-order valence-corrected chi connectivity index (χ1v) is 6.98. The number of piperidine rings is 1. The number of rotatable bonds is 6. The molecule has 1 aliphatic rings. The van der Waals surface area contributed by atoms with Crippen LogP contribution in [0.15, 0.2) is 0 Å². The third-order valence-electron chi connectivity index (χ3n) is 3.62. The van der Waals surface area contributed by atoms with E-state index in [1.165, 1.54) is 7.11 Å². The Balaban J connectivity index is 2.45. The fourth-order valence-electron chi connectivity index (χ4n) is 2.38. The molecule has 0 aromatic heterocycles. The summed E-state index contributed by atoms with van der Waals surface area (Å²) in [5, 5.41) is 3.07. The van der Waals surface area contributed by atoms with Crippen molar-refractivity contribution in [3.8, 4) is 0 Å². The van der Waals surface area contributed by atoms with Crippen LogP contribution in [0.5, 0.6) is 0 Å². The smallest absolute Gasteiger partial charge is 0.391 e. The van der Waals surface area contributed by atoms with E-state index in [-0.39, 0.29) is 18.8 Å². The lowest BCUT2D eigenvalue weighted by atomic mass is 9.96. The maximum atomic E-state index is 12.6. The summed E-state index contributed by atoms with van der Waals surface area (Å²) < 4.78 is 42.4. The third-order valence-corrected chi connectivity index (χ3v) is 3.62. The van der Waals surface area contributed by atoms with Gasteiger partial charge in [0.05, 0.1) is 13.0 Å². The monoisotopic (exact) mass is 296 g/mol. The van der Waals surface area contributed by atoms with E-state index in [0.29, 0.717) is 26.2 Å². The summed E-state index contributed by atoms with van der Waals surface area (Å²) in [5.74, 6) is -1.57. The number of methoxy groups -OCH3 is 1. The van der Waals surface area contributed by atoms with Gasteiger partial charge in [-0.05, 0) is 38.9 Å². The Kier molecular flexibility index (Phi) is 6.75.